The van der Waals surface area contributed by atoms with Crippen LogP contribution in [0.1, 0.15) is 20.3 Å². The van der Waals surface area contributed by atoms with Gasteiger partial charge in [-0.05, 0) is 43.7 Å². The number of nitrogens with zero attached hydrogens (tertiary/aromatic N) is 1. The third-order valence-corrected chi connectivity index (χ3v) is 3.12. The minimum absolute atomic E-state index is 0.306. The first-order chi connectivity index (χ1) is 10.0. The molecule has 0 atom stereocenters. The molecule has 0 radical (unpaired) electrons. The summed E-state index contributed by atoms with van der Waals surface area (Å²) in [6.45, 7) is 4.05. The van der Waals surface area contributed by atoms with Crippen molar-refractivity contribution in [2.24, 2.45) is 5.73 Å². The summed E-state index contributed by atoms with van der Waals surface area (Å²) in [4.78, 5) is 13.7. The van der Waals surface area contributed by atoms with Gasteiger partial charge in [0.1, 0.15) is 5.82 Å². The van der Waals surface area contributed by atoms with Crippen LogP contribution in [0.25, 0.3) is 0 Å². The van der Waals surface area contributed by atoms with E-state index in [9.17, 15) is 4.79 Å². The molecule has 1 rings (SSSR count). The fraction of sp³-hybridized carbons (Fsp3) is 0.312. The first-order valence-electron chi connectivity index (χ1n) is 6.83. The Morgan fingerprint density at radius 1 is 1.33 bits per heavy atom. The summed E-state index contributed by atoms with van der Waals surface area (Å²) in [6, 6.07) is 7.21. The van der Waals surface area contributed by atoms with Crippen LogP contribution in [0.15, 0.2) is 47.8 Å². The van der Waals surface area contributed by atoms with Gasteiger partial charge >= 0.3 is 5.97 Å². The van der Waals surface area contributed by atoms with Gasteiger partial charge in [0, 0.05) is 17.8 Å². The molecule has 0 saturated carbocycles. The molecule has 0 aliphatic rings. The number of nitrogens with two attached hydrogens (primary N) is 1. The molecule has 0 heterocycles. The SMILES string of the molecule is CC/C=C/C(C(=O)OCC)=C(/N)N(C)c1ccc(Cl)cc1. The molecule has 0 amide bonds. The first kappa shape index (κ1) is 17.1. The minimum atomic E-state index is -0.430. The molecule has 1 aromatic rings. The Balaban J connectivity index is 3.14. The van der Waals surface area contributed by atoms with Gasteiger partial charge in [0.25, 0.3) is 0 Å². The molecule has 0 aliphatic heterocycles. The predicted molar refractivity (Wildman–Crippen MR) is 87.1 cm³/mol. The molecular formula is C16H21ClN2O2. The van der Waals surface area contributed by atoms with E-state index < -0.39 is 5.97 Å². The number of allylic oxidation sites excluding steroid dienone is 1. The fourth-order valence-corrected chi connectivity index (χ4v) is 1.81. The normalized spacial score (nSPS) is 12.2. The number of rotatable bonds is 6. The summed E-state index contributed by atoms with van der Waals surface area (Å²) < 4.78 is 5.05. The Morgan fingerprint density at radius 3 is 2.48 bits per heavy atom. The minimum Gasteiger partial charge on any atom is -0.462 e. The summed E-state index contributed by atoms with van der Waals surface area (Å²) in [7, 11) is 1.79. The van der Waals surface area contributed by atoms with Crippen LogP contribution in [-0.2, 0) is 9.53 Å². The number of anilines is 1. The molecular weight excluding hydrogens is 288 g/mol. The van der Waals surface area contributed by atoms with E-state index in [0.717, 1.165) is 12.1 Å². The number of ether oxygens (including phenoxy) is 1. The molecule has 2 N–H and O–H groups in total. The number of carbonyl (C=O) groups is 1. The maximum atomic E-state index is 12.0. The summed E-state index contributed by atoms with van der Waals surface area (Å²) in [6.07, 6.45) is 4.37. The van der Waals surface area contributed by atoms with Gasteiger partial charge in [0.15, 0.2) is 0 Å². The van der Waals surface area contributed by atoms with Crippen molar-refractivity contribution in [1.29, 1.82) is 0 Å². The van der Waals surface area contributed by atoms with Crippen LogP contribution in [0.5, 0.6) is 0 Å². The molecule has 0 spiro atoms. The molecule has 21 heavy (non-hydrogen) atoms. The molecule has 1 aromatic carbocycles. The van der Waals surface area contributed by atoms with E-state index >= 15 is 0 Å². The average Bonchev–Trinajstić information content (AvgIpc) is 2.47. The van der Waals surface area contributed by atoms with Crippen molar-refractivity contribution in [3.05, 3.63) is 52.8 Å². The van der Waals surface area contributed by atoms with Crippen molar-refractivity contribution in [2.45, 2.75) is 20.3 Å². The van der Waals surface area contributed by atoms with Crippen molar-refractivity contribution in [2.75, 3.05) is 18.6 Å². The van der Waals surface area contributed by atoms with Crippen LogP contribution >= 0.6 is 11.6 Å². The lowest BCUT2D eigenvalue weighted by atomic mass is 10.2. The second-order valence-corrected chi connectivity index (χ2v) is 4.80. The quantitative estimate of drug-likeness (QED) is 0.496. The topological polar surface area (TPSA) is 55.6 Å². The number of hydrogen-bond acceptors (Lipinski definition) is 4. The van der Waals surface area contributed by atoms with Gasteiger partial charge in [-0.15, -0.1) is 0 Å². The molecule has 0 bridgehead atoms. The Morgan fingerprint density at radius 2 is 1.95 bits per heavy atom. The van der Waals surface area contributed by atoms with E-state index in [1.807, 2.05) is 25.1 Å². The van der Waals surface area contributed by atoms with Gasteiger partial charge < -0.3 is 15.4 Å². The maximum absolute atomic E-state index is 12.0. The number of benzene rings is 1. The van der Waals surface area contributed by atoms with Crippen LogP contribution in [-0.4, -0.2) is 19.6 Å². The monoisotopic (exact) mass is 308 g/mol. The van der Waals surface area contributed by atoms with Crippen molar-refractivity contribution < 1.29 is 9.53 Å². The number of carbonyl (C=O) groups excluding carboxylic acids is 1. The second-order valence-electron chi connectivity index (χ2n) is 4.37. The fourth-order valence-electron chi connectivity index (χ4n) is 1.69. The highest BCUT2D eigenvalue weighted by Crippen LogP contribution is 2.20. The van der Waals surface area contributed by atoms with Crippen LogP contribution in [0.3, 0.4) is 0 Å². The van der Waals surface area contributed by atoms with Crippen LogP contribution in [0.2, 0.25) is 5.02 Å². The zero-order valence-corrected chi connectivity index (χ0v) is 13.4. The van der Waals surface area contributed by atoms with Crippen molar-refractivity contribution >= 4 is 23.3 Å². The van der Waals surface area contributed by atoms with Crippen molar-refractivity contribution in [3.63, 3.8) is 0 Å². The van der Waals surface area contributed by atoms with Gasteiger partial charge in [0.2, 0.25) is 0 Å². The molecule has 0 unspecified atom stereocenters. The van der Waals surface area contributed by atoms with E-state index in [0.29, 0.717) is 23.0 Å². The lowest BCUT2D eigenvalue weighted by Crippen LogP contribution is -2.27. The van der Waals surface area contributed by atoms with Gasteiger partial charge in [-0.25, -0.2) is 4.79 Å². The largest absolute Gasteiger partial charge is 0.462 e. The summed E-state index contributed by atoms with van der Waals surface area (Å²) in [5, 5.41) is 0.645. The third-order valence-electron chi connectivity index (χ3n) is 2.87. The van der Waals surface area contributed by atoms with Crippen molar-refractivity contribution in [3.8, 4) is 0 Å². The molecule has 0 saturated heterocycles. The molecule has 5 heteroatoms. The zero-order chi connectivity index (χ0) is 15.8. The second kappa shape index (κ2) is 8.37. The van der Waals surface area contributed by atoms with E-state index in [4.69, 9.17) is 22.1 Å². The highest BCUT2D eigenvalue weighted by molar-refractivity contribution is 6.30. The maximum Gasteiger partial charge on any atom is 0.341 e. The lowest BCUT2D eigenvalue weighted by Gasteiger charge is -2.21. The Hall–Kier alpha value is -1.94. The van der Waals surface area contributed by atoms with E-state index in [2.05, 4.69) is 0 Å². The van der Waals surface area contributed by atoms with Crippen molar-refractivity contribution in [1.82, 2.24) is 0 Å². The Labute approximate surface area is 130 Å². The lowest BCUT2D eigenvalue weighted by molar-refractivity contribution is -0.138. The number of halogens is 1. The highest BCUT2D eigenvalue weighted by Gasteiger charge is 2.16. The van der Waals surface area contributed by atoms with E-state index in [1.165, 1.54) is 0 Å². The predicted octanol–water partition coefficient (Wildman–Crippen LogP) is 3.48. The zero-order valence-electron chi connectivity index (χ0n) is 12.6. The smallest absolute Gasteiger partial charge is 0.341 e. The molecule has 0 fully saturated rings. The van der Waals surface area contributed by atoms with Crippen LogP contribution < -0.4 is 10.6 Å². The summed E-state index contributed by atoms with van der Waals surface area (Å²) in [5.74, 6) is -0.0963. The molecule has 114 valence electrons. The van der Waals surface area contributed by atoms with E-state index in [-0.39, 0.29) is 0 Å². The van der Waals surface area contributed by atoms with Gasteiger partial charge in [-0.2, -0.15) is 0 Å². The number of hydrogen-bond donors (Lipinski definition) is 1. The first-order valence-corrected chi connectivity index (χ1v) is 7.21. The molecule has 4 nitrogen and oxygen atoms in total. The van der Waals surface area contributed by atoms with Gasteiger partial charge in [0.05, 0.1) is 12.2 Å². The van der Waals surface area contributed by atoms with Crippen LogP contribution in [0.4, 0.5) is 5.69 Å². The Bertz CT molecular complexity index is 536. The molecule has 0 aliphatic carbocycles. The summed E-state index contributed by atoms with van der Waals surface area (Å²) in [5.41, 5.74) is 7.30. The summed E-state index contributed by atoms with van der Waals surface area (Å²) >= 11 is 5.87. The standard InChI is InChI=1S/C16H21ClN2O2/c1-4-6-7-14(16(20)21-5-2)15(18)19(3)13-10-8-12(17)9-11-13/h6-11H,4-5,18H2,1-3H3/b7-6+,15-14+. The van der Waals surface area contributed by atoms with E-state index in [1.54, 1.807) is 37.1 Å². The third kappa shape index (κ3) is 4.83. The molecule has 0 aromatic heterocycles. The average molecular weight is 309 g/mol. The van der Waals surface area contributed by atoms with Gasteiger partial charge in [-0.3, -0.25) is 0 Å². The van der Waals surface area contributed by atoms with Gasteiger partial charge in [-0.1, -0.05) is 24.6 Å². The Kier molecular flexibility index (Phi) is 6.82. The highest BCUT2D eigenvalue weighted by atomic mass is 35.5. The van der Waals surface area contributed by atoms with Crippen LogP contribution in [0, 0.1) is 0 Å². The number of esters is 1.